The first-order valence-corrected chi connectivity index (χ1v) is 9.54. The Morgan fingerprint density at radius 2 is 1.62 bits per heavy atom. The number of rotatable bonds is 8. The number of carbonyl (C=O) groups is 3. The Morgan fingerprint density at radius 1 is 0.931 bits per heavy atom. The van der Waals surface area contributed by atoms with Crippen molar-refractivity contribution >= 4 is 46.6 Å². The van der Waals surface area contributed by atoms with Gasteiger partial charge in [0, 0.05) is 17.3 Å². The molecule has 0 aliphatic carbocycles. The topological polar surface area (TPSA) is 90.5 Å². The third-order valence-corrected chi connectivity index (χ3v) is 4.36. The van der Waals surface area contributed by atoms with Gasteiger partial charge in [-0.2, -0.15) is 0 Å². The standard InChI is InChI=1S/C20H22Cl2N4O3/c1-26(2)12-13-5-3-4-6-17(13)25-19(28)11-23-18(27)10-24-20(29)15-8-7-14(21)9-16(15)22/h3-9H,10-12H2,1-2H3,(H,23,27)(H,24,29)(H,25,28). The van der Waals surface area contributed by atoms with E-state index in [1.807, 2.05) is 37.2 Å². The number of para-hydroxylation sites is 1. The molecule has 0 aliphatic rings. The molecule has 0 saturated carbocycles. The first-order chi connectivity index (χ1) is 13.8. The second-order valence-corrected chi connectivity index (χ2v) is 7.37. The van der Waals surface area contributed by atoms with E-state index in [1.54, 1.807) is 6.07 Å². The number of hydrogen-bond acceptors (Lipinski definition) is 4. The van der Waals surface area contributed by atoms with Crippen LogP contribution in [0.4, 0.5) is 5.69 Å². The molecule has 0 heterocycles. The van der Waals surface area contributed by atoms with Crippen LogP contribution in [0.3, 0.4) is 0 Å². The van der Waals surface area contributed by atoms with Crippen LogP contribution < -0.4 is 16.0 Å². The number of nitrogens with zero attached hydrogens (tertiary/aromatic N) is 1. The van der Waals surface area contributed by atoms with Gasteiger partial charge in [0.2, 0.25) is 11.8 Å². The molecule has 0 spiro atoms. The number of nitrogens with one attached hydrogen (secondary N) is 3. The minimum atomic E-state index is -0.510. The summed E-state index contributed by atoms with van der Waals surface area (Å²) >= 11 is 11.8. The molecule has 0 saturated heterocycles. The fourth-order valence-electron chi connectivity index (χ4n) is 2.49. The quantitative estimate of drug-likeness (QED) is 0.592. The molecular formula is C20H22Cl2N4O3. The van der Waals surface area contributed by atoms with Gasteiger partial charge in [0.05, 0.1) is 23.7 Å². The van der Waals surface area contributed by atoms with Crippen LogP contribution in [0.15, 0.2) is 42.5 Å². The van der Waals surface area contributed by atoms with Crippen molar-refractivity contribution in [2.45, 2.75) is 6.54 Å². The molecule has 2 aromatic rings. The van der Waals surface area contributed by atoms with Crippen molar-refractivity contribution in [3.63, 3.8) is 0 Å². The van der Waals surface area contributed by atoms with Crippen molar-refractivity contribution in [3.05, 3.63) is 63.6 Å². The van der Waals surface area contributed by atoms with Gasteiger partial charge in [0.1, 0.15) is 0 Å². The van der Waals surface area contributed by atoms with E-state index in [2.05, 4.69) is 16.0 Å². The summed E-state index contributed by atoms with van der Waals surface area (Å²) in [7, 11) is 3.87. The molecule has 3 N–H and O–H groups in total. The molecule has 0 fully saturated rings. The third-order valence-electron chi connectivity index (χ3n) is 3.81. The molecule has 29 heavy (non-hydrogen) atoms. The van der Waals surface area contributed by atoms with Crippen LogP contribution in [0.5, 0.6) is 0 Å². The summed E-state index contributed by atoms with van der Waals surface area (Å²) < 4.78 is 0. The molecule has 3 amide bonds. The van der Waals surface area contributed by atoms with Gasteiger partial charge in [-0.15, -0.1) is 0 Å². The van der Waals surface area contributed by atoms with Gasteiger partial charge in [-0.1, -0.05) is 41.4 Å². The maximum atomic E-state index is 12.1. The number of benzene rings is 2. The van der Waals surface area contributed by atoms with Crippen LogP contribution in [0.25, 0.3) is 0 Å². The second-order valence-electron chi connectivity index (χ2n) is 6.53. The number of hydrogen-bond donors (Lipinski definition) is 3. The van der Waals surface area contributed by atoms with Crippen molar-refractivity contribution in [1.82, 2.24) is 15.5 Å². The maximum Gasteiger partial charge on any atom is 0.253 e. The van der Waals surface area contributed by atoms with Gasteiger partial charge in [-0.25, -0.2) is 0 Å². The number of amides is 3. The van der Waals surface area contributed by atoms with E-state index in [0.29, 0.717) is 17.3 Å². The average molecular weight is 437 g/mol. The highest BCUT2D eigenvalue weighted by Gasteiger charge is 2.13. The zero-order valence-corrected chi connectivity index (χ0v) is 17.6. The summed E-state index contributed by atoms with van der Waals surface area (Å²) in [6.07, 6.45) is 0. The van der Waals surface area contributed by atoms with Gasteiger partial charge in [-0.05, 0) is 43.9 Å². The molecule has 9 heteroatoms. The van der Waals surface area contributed by atoms with Crippen molar-refractivity contribution in [2.24, 2.45) is 0 Å². The van der Waals surface area contributed by atoms with Crippen LogP contribution >= 0.6 is 23.2 Å². The van der Waals surface area contributed by atoms with E-state index in [-0.39, 0.29) is 29.6 Å². The Balaban J connectivity index is 1.80. The molecule has 0 radical (unpaired) electrons. The molecule has 2 rings (SSSR count). The Bertz CT molecular complexity index is 903. The van der Waals surface area contributed by atoms with E-state index in [0.717, 1.165) is 5.56 Å². The van der Waals surface area contributed by atoms with Gasteiger partial charge < -0.3 is 20.9 Å². The molecule has 0 aromatic heterocycles. The van der Waals surface area contributed by atoms with Gasteiger partial charge in [0.25, 0.3) is 5.91 Å². The first kappa shape index (κ1) is 22.7. The zero-order valence-electron chi connectivity index (χ0n) is 16.1. The molecular weight excluding hydrogens is 415 g/mol. The van der Waals surface area contributed by atoms with Crippen molar-refractivity contribution < 1.29 is 14.4 Å². The average Bonchev–Trinajstić information content (AvgIpc) is 2.65. The SMILES string of the molecule is CN(C)Cc1ccccc1NC(=O)CNC(=O)CNC(=O)c1ccc(Cl)cc1Cl. The zero-order chi connectivity index (χ0) is 21.4. The highest BCUT2D eigenvalue weighted by Crippen LogP contribution is 2.20. The lowest BCUT2D eigenvalue weighted by Gasteiger charge is -2.15. The summed E-state index contributed by atoms with van der Waals surface area (Å²) in [5.41, 5.74) is 1.86. The number of halogens is 2. The van der Waals surface area contributed by atoms with Gasteiger partial charge >= 0.3 is 0 Å². The first-order valence-electron chi connectivity index (χ1n) is 8.78. The van der Waals surface area contributed by atoms with E-state index in [9.17, 15) is 14.4 Å². The van der Waals surface area contributed by atoms with E-state index >= 15 is 0 Å². The molecule has 0 atom stereocenters. The summed E-state index contributed by atoms with van der Waals surface area (Å²) in [6.45, 7) is 0.164. The molecule has 2 aromatic carbocycles. The predicted molar refractivity (Wildman–Crippen MR) is 114 cm³/mol. The van der Waals surface area contributed by atoms with Crippen LogP contribution in [0.1, 0.15) is 15.9 Å². The van der Waals surface area contributed by atoms with Gasteiger partial charge in [0.15, 0.2) is 0 Å². The second kappa shape index (κ2) is 10.8. The largest absolute Gasteiger partial charge is 0.345 e. The van der Waals surface area contributed by atoms with E-state index in [4.69, 9.17) is 23.2 Å². The van der Waals surface area contributed by atoms with Crippen LogP contribution in [-0.2, 0) is 16.1 Å². The highest BCUT2D eigenvalue weighted by molar-refractivity contribution is 6.36. The van der Waals surface area contributed by atoms with Crippen LogP contribution in [-0.4, -0.2) is 49.8 Å². The maximum absolute atomic E-state index is 12.1. The van der Waals surface area contributed by atoms with Crippen molar-refractivity contribution in [3.8, 4) is 0 Å². The molecule has 154 valence electrons. The lowest BCUT2D eigenvalue weighted by molar-refractivity contribution is -0.123. The number of carbonyl (C=O) groups excluding carboxylic acids is 3. The van der Waals surface area contributed by atoms with Gasteiger partial charge in [-0.3, -0.25) is 14.4 Å². The minimum absolute atomic E-state index is 0.186. The Labute approximate surface area is 179 Å². The summed E-state index contributed by atoms with van der Waals surface area (Å²) in [6, 6.07) is 11.9. The third kappa shape index (κ3) is 7.38. The van der Waals surface area contributed by atoms with Crippen molar-refractivity contribution in [2.75, 3.05) is 32.5 Å². The Kier molecular flexibility index (Phi) is 8.45. The molecule has 0 unspecified atom stereocenters. The van der Waals surface area contributed by atoms with E-state index < -0.39 is 11.8 Å². The predicted octanol–water partition coefficient (Wildman–Crippen LogP) is 2.54. The lowest BCUT2D eigenvalue weighted by atomic mass is 10.1. The number of anilines is 1. The Hall–Kier alpha value is -2.61. The molecule has 0 aliphatic heterocycles. The fourth-order valence-corrected chi connectivity index (χ4v) is 2.98. The van der Waals surface area contributed by atoms with Crippen LogP contribution in [0.2, 0.25) is 10.0 Å². The highest BCUT2D eigenvalue weighted by atomic mass is 35.5. The van der Waals surface area contributed by atoms with Crippen LogP contribution in [0, 0.1) is 0 Å². The summed E-state index contributed by atoms with van der Waals surface area (Å²) in [5.74, 6) is -1.37. The van der Waals surface area contributed by atoms with E-state index in [1.165, 1.54) is 18.2 Å². The Morgan fingerprint density at radius 3 is 2.31 bits per heavy atom. The van der Waals surface area contributed by atoms with Crippen molar-refractivity contribution in [1.29, 1.82) is 0 Å². The smallest absolute Gasteiger partial charge is 0.253 e. The molecule has 7 nitrogen and oxygen atoms in total. The minimum Gasteiger partial charge on any atom is -0.345 e. The normalized spacial score (nSPS) is 10.5. The summed E-state index contributed by atoms with van der Waals surface area (Å²) in [4.78, 5) is 38.1. The summed E-state index contributed by atoms with van der Waals surface area (Å²) in [5, 5.41) is 8.28. The lowest BCUT2D eigenvalue weighted by Crippen LogP contribution is -2.40. The monoisotopic (exact) mass is 436 g/mol. The fraction of sp³-hybridized carbons (Fsp3) is 0.250. The molecule has 0 bridgehead atoms.